The van der Waals surface area contributed by atoms with Crippen LogP contribution in [0.25, 0.3) is 5.69 Å². The molecule has 0 radical (unpaired) electrons. The Bertz CT molecular complexity index is 702. The number of carbonyl (C=O) groups excluding carboxylic acids is 1. The third-order valence-electron chi connectivity index (χ3n) is 3.52. The lowest BCUT2D eigenvalue weighted by molar-refractivity contribution is -0.384. The average molecular weight is 333 g/mol. The molecule has 0 fully saturated rings. The predicted molar refractivity (Wildman–Crippen MR) is 85.9 cm³/mol. The maximum absolute atomic E-state index is 12.6. The quantitative estimate of drug-likeness (QED) is 0.577. The number of amides is 1. The summed E-state index contributed by atoms with van der Waals surface area (Å²) in [4.78, 5) is 28.6. The molecule has 24 heavy (non-hydrogen) atoms. The third kappa shape index (κ3) is 3.93. The number of nitrogens with zero attached hydrogens (tertiary/aromatic N) is 5. The van der Waals surface area contributed by atoms with Crippen molar-refractivity contribution in [2.45, 2.75) is 19.8 Å². The first kappa shape index (κ1) is 17.5. The Morgan fingerprint density at radius 1 is 1.42 bits per heavy atom. The van der Waals surface area contributed by atoms with Crippen LogP contribution in [0.3, 0.4) is 0 Å². The van der Waals surface area contributed by atoms with E-state index in [2.05, 4.69) is 10.1 Å². The van der Waals surface area contributed by atoms with Gasteiger partial charge in [-0.05, 0) is 18.6 Å². The molecule has 0 saturated heterocycles. The number of nitro benzene ring substituents is 1. The molecule has 0 saturated carbocycles. The Kier molecular flexibility index (Phi) is 5.96. The van der Waals surface area contributed by atoms with Crippen molar-refractivity contribution in [2.75, 3.05) is 19.7 Å². The number of aliphatic hydroxyl groups excluding tert-OH is 1. The minimum absolute atomic E-state index is 0.158. The van der Waals surface area contributed by atoms with Crippen LogP contribution >= 0.6 is 0 Å². The molecule has 2 rings (SSSR count). The minimum Gasteiger partial charge on any atom is -0.395 e. The van der Waals surface area contributed by atoms with E-state index in [1.54, 1.807) is 0 Å². The third-order valence-corrected chi connectivity index (χ3v) is 3.52. The first-order chi connectivity index (χ1) is 11.6. The summed E-state index contributed by atoms with van der Waals surface area (Å²) in [6.07, 6.45) is 4.32. The average Bonchev–Trinajstić information content (AvgIpc) is 3.11. The van der Waals surface area contributed by atoms with Crippen LogP contribution in [0.15, 0.2) is 30.9 Å². The molecule has 9 nitrogen and oxygen atoms in total. The van der Waals surface area contributed by atoms with Gasteiger partial charge in [0.05, 0.1) is 11.5 Å². The van der Waals surface area contributed by atoms with Gasteiger partial charge in [0.15, 0.2) is 0 Å². The van der Waals surface area contributed by atoms with Gasteiger partial charge in [0.25, 0.3) is 11.6 Å². The van der Waals surface area contributed by atoms with Gasteiger partial charge in [-0.3, -0.25) is 14.9 Å². The standard InChI is InChI=1S/C15H19N5O4/c1-2-3-6-18(7-8-21)15(22)12-4-5-13(14(9-12)20(23)24)19-11-16-10-17-19/h4-5,9-11,21H,2-3,6-8H2,1H3. The van der Waals surface area contributed by atoms with Crippen molar-refractivity contribution in [1.82, 2.24) is 19.7 Å². The fourth-order valence-corrected chi connectivity index (χ4v) is 2.30. The first-order valence-electron chi connectivity index (χ1n) is 7.62. The molecule has 0 spiro atoms. The summed E-state index contributed by atoms with van der Waals surface area (Å²) in [5, 5.41) is 24.3. The van der Waals surface area contributed by atoms with E-state index in [1.165, 1.54) is 40.4 Å². The number of benzene rings is 1. The molecule has 0 aliphatic rings. The van der Waals surface area contributed by atoms with Gasteiger partial charge in [-0.25, -0.2) is 9.67 Å². The van der Waals surface area contributed by atoms with E-state index in [0.717, 1.165) is 12.8 Å². The monoisotopic (exact) mass is 333 g/mol. The fourth-order valence-electron chi connectivity index (χ4n) is 2.30. The first-order valence-corrected chi connectivity index (χ1v) is 7.62. The molecule has 0 unspecified atom stereocenters. The molecule has 0 atom stereocenters. The predicted octanol–water partition coefficient (Wildman–Crippen LogP) is 1.41. The Morgan fingerprint density at radius 3 is 2.79 bits per heavy atom. The van der Waals surface area contributed by atoms with E-state index >= 15 is 0 Å². The van der Waals surface area contributed by atoms with E-state index in [9.17, 15) is 14.9 Å². The molecule has 1 amide bonds. The maximum Gasteiger partial charge on any atom is 0.295 e. The van der Waals surface area contributed by atoms with E-state index in [4.69, 9.17) is 5.11 Å². The van der Waals surface area contributed by atoms with Crippen molar-refractivity contribution < 1.29 is 14.8 Å². The van der Waals surface area contributed by atoms with Crippen molar-refractivity contribution in [3.05, 3.63) is 46.5 Å². The van der Waals surface area contributed by atoms with E-state index in [-0.39, 0.29) is 36.0 Å². The van der Waals surface area contributed by atoms with Crippen molar-refractivity contribution >= 4 is 11.6 Å². The summed E-state index contributed by atoms with van der Waals surface area (Å²) < 4.78 is 1.27. The van der Waals surface area contributed by atoms with Crippen LogP contribution in [-0.2, 0) is 0 Å². The minimum atomic E-state index is -0.559. The highest BCUT2D eigenvalue weighted by atomic mass is 16.6. The Balaban J connectivity index is 2.35. The zero-order valence-corrected chi connectivity index (χ0v) is 13.3. The highest BCUT2D eigenvalue weighted by Gasteiger charge is 2.22. The number of hydrogen-bond donors (Lipinski definition) is 1. The smallest absolute Gasteiger partial charge is 0.295 e. The van der Waals surface area contributed by atoms with Crippen LogP contribution in [-0.4, -0.2) is 55.3 Å². The van der Waals surface area contributed by atoms with Crippen LogP contribution in [0.5, 0.6) is 0 Å². The Morgan fingerprint density at radius 2 is 2.21 bits per heavy atom. The molecule has 0 bridgehead atoms. The van der Waals surface area contributed by atoms with E-state index in [1.807, 2.05) is 6.92 Å². The molecular formula is C15H19N5O4. The molecule has 0 aliphatic carbocycles. The van der Waals surface area contributed by atoms with E-state index in [0.29, 0.717) is 6.54 Å². The molecule has 1 heterocycles. The van der Waals surface area contributed by atoms with Gasteiger partial charge in [-0.2, -0.15) is 5.10 Å². The molecule has 1 N–H and O–H groups in total. The lowest BCUT2D eigenvalue weighted by atomic mass is 10.1. The Labute approximate surface area is 138 Å². The van der Waals surface area contributed by atoms with Crippen LogP contribution in [0.4, 0.5) is 5.69 Å². The number of hydrogen-bond acceptors (Lipinski definition) is 6. The SMILES string of the molecule is CCCCN(CCO)C(=O)c1ccc(-n2cncn2)c([N+](=O)[O-])c1. The highest BCUT2D eigenvalue weighted by Crippen LogP contribution is 2.24. The van der Waals surface area contributed by atoms with Gasteiger partial charge in [0, 0.05) is 24.7 Å². The van der Waals surface area contributed by atoms with Gasteiger partial charge in [-0.1, -0.05) is 13.3 Å². The molecule has 9 heteroatoms. The van der Waals surface area contributed by atoms with Crippen LogP contribution in [0.1, 0.15) is 30.1 Å². The van der Waals surface area contributed by atoms with Crippen molar-refractivity contribution in [3.63, 3.8) is 0 Å². The largest absolute Gasteiger partial charge is 0.395 e. The molecule has 2 aromatic rings. The lowest BCUT2D eigenvalue weighted by Crippen LogP contribution is -2.34. The number of aromatic nitrogens is 3. The molecule has 128 valence electrons. The maximum atomic E-state index is 12.6. The fraction of sp³-hybridized carbons (Fsp3) is 0.400. The molecule has 1 aromatic heterocycles. The summed E-state index contributed by atoms with van der Waals surface area (Å²) in [7, 11) is 0. The summed E-state index contributed by atoms with van der Waals surface area (Å²) in [6.45, 7) is 2.53. The van der Waals surface area contributed by atoms with Gasteiger partial charge in [0.2, 0.25) is 0 Å². The van der Waals surface area contributed by atoms with E-state index < -0.39 is 4.92 Å². The number of carbonyl (C=O) groups is 1. The van der Waals surface area contributed by atoms with Crippen LogP contribution in [0.2, 0.25) is 0 Å². The van der Waals surface area contributed by atoms with Crippen molar-refractivity contribution in [3.8, 4) is 5.69 Å². The summed E-state index contributed by atoms with van der Waals surface area (Å²) in [6, 6.07) is 4.22. The highest BCUT2D eigenvalue weighted by molar-refractivity contribution is 5.95. The second-order valence-electron chi connectivity index (χ2n) is 5.17. The topological polar surface area (TPSA) is 114 Å². The summed E-state index contributed by atoms with van der Waals surface area (Å²) in [5.74, 6) is -0.342. The number of aliphatic hydroxyl groups is 1. The molecular weight excluding hydrogens is 314 g/mol. The zero-order valence-electron chi connectivity index (χ0n) is 13.3. The van der Waals surface area contributed by atoms with Crippen LogP contribution in [0, 0.1) is 10.1 Å². The lowest BCUT2D eigenvalue weighted by Gasteiger charge is -2.21. The summed E-state index contributed by atoms with van der Waals surface area (Å²) in [5.41, 5.74) is 0.206. The number of nitro groups is 1. The number of rotatable bonds is 8. The van der Waals surface area contributed by atoms with Crippen molar-refractivity contribution in [2.24, 2.45) is 0 Å². The van der Waals surface area contributed by atoms with Gasteiger partial charge in [-0.15, -0.1) is 0 Å². The normalized spacial score (nSPS) is 10.6. The summed E-state index contributed by atoms with van der Waals surface area (Å²) >= 11 is 0. The van der Waals surface area contributed by atoms with Gasteiger partial charge < -0.3 is 10.0 Å². The second-order valence-corrected chi connectivity index (χ2v) is 5.17. The zero-order chi connectivity index (χ0) is 17.5. The van der Waals surface area contributed by atoms with Gasteiger partial charge in [0.1, 0.15) is 18.3 Å². The Hall–Kier alpha value is -2.81. The van der Waals surface area contributed by atoms with Crippen LogP contribution < -0.4 is 0 Å². The molecule has 1 aromatic carbocycles. The van der Waals surface area contributed by atoms with Gasteiger partial charge >= 0.3 is 0 Å². The molecule has 0 aliphatic heterocycles. The van der Waals surface area contributed by atoms with Crippen molar-refractivity contribution in [1.29, 1.82) is 0 Å². The number of unbranched alkanes of at least 4 members (excludes halogenated alkanes) is 1. The second kappa shape index (κ2) is 8.16.